The van der Waals surface area contributed by atoms with Crippen molar-refractivity contribution in [2.45, 2.75) is 19.4 Å². The van der Waals surface area contributed by atoms with Crippen molar-refractivity contribution in [3.05, 3.63) is 23.7 Å². The van der Waals surface area contributed by atoms with Crippen LogP contribution in [0.25, 0.3) is 0 Å². The fraction of sp³-hybridized carbons (Fsp3) is 0.462. The topological polar surface area (TPSA) is 40.2 Å². The van der Waals surface area contributed by atoms with E-state index < -0.39 is 0 Å². The molecule has 1 aliphatic carbocycles. The van der Waals surface area contributed by atoms with Gasteiger partial charge in [-0.1, -0.05) is 5.92 Å². The van der Waals surface area contributed by atoms with Crippen molar-refractivity contribution < 1.29 is 4.42 Å². The minimum Gasteiger partial charge on any atom is -0.449 e. The summed E-state index contributed by atoms with van der Waals surface area (Å²) in [6, 6.07) is 5.52. The normalized spacial score (nSPS) is 14.7. The van der Waals surface area contributed by atoms with Crippen LogP contribution in [-0.4, -0.2) is 18.0 Å². The van der Waals surface area contributed by atoms with Crippen LogP contribution in [0.1, 0.15) is 24.4 Å². The van der Waals surface area contributed by atoms with E-state index >= 15 is 0 Å². The molecule has 16 heavy (non-hydrogen) atoms. The predicted molar refractivity (Wildman–Crippen MR) is 60.3 cm³/mol. The molecule has 1 saturated carbocycles. The Morgan fingerprint density at radius 1 is 1.50 bits per heavy atom. The molecule has 1 aliphatic rings. The van der Waals surface area contributed by atoms with E-state index in [0.29, 0.717) is 18.8 Å². The van der Waals surface area contributed by atoms with Gasteiger partial charge in [0, 0.05) is 6.54 Å². The molecule has 1 fully saturated rings. The van der Waals surface area contributed by atoms with Crippen LogP contribution in [0, 0.1) is 29.6 Å². The first-order valence-corrected chi connectivity index (χ1v) is 5.46. The summed E-state index contributed by atoms with van der Waals surface area (Å²) in [6.07, 6.45) is 7.95. The number of rotatable bonds is 5. The molecule has 0 spiro atoms. The number of terminal acetylenes is 1. The highest BCUT2D eigenvalue weighted by atomic mass is 16.3. The van der Waals surface area contributed by atoms with Gasteiger partial charge in [0.25, 0.3) is 0 Å². The minimum atomic E-state index is 0.363. The van der Waals surface area contributed by atoms with Crippen molar-refractivity contribution in [2.24, 2.45) is 5.92 Å². The van der Waals surface area contributed by atoms with E-state index in [4.69, 9.17) is 16.1 Å². The van der Waals surface area contributed by atoms with Crippen LogP contribution in [0.2, 0.25) is 0 Å². The SMILES string of the molecule is C#CCN(Cc1ccc(C#N)o1)CC1CC1. The molecule has 82 valence electrons. The van der Waals surface area contributed by atoms with Gasteiger partial charge in [0.05, 0.1) is 13.1 Å². The summed E-state index contributed by atoms with van der Waals surface area (Å²) in [5.41, 5.74) is 0. The highest BCUT2D eigenvalue weighted by molar-refractivity contribution is 5.19. The first-order valence-electron chi connectivity index (χ1n) is 5.46. The molecule has 1 aromatic rings. The molecule has 0 aliphatic heterocycles. The van der Waals surface area contributed by atoms with Crippen LogP contribution in [0.4, 0.5) is 0 Å². The first kappa shape index (κ1) is 10.8. The lowest BCUT2D eigenvalue weighted by atomic mass is 10.3. The lowest BCUT2D eigenvalue weighted by Crippen LogP contribution is -2.25. The second-order valence-electron chi connectivity index (χ2n) is 4.19. The van der Waals surface area contributed by atoms with E-state index in [1.165, 1.54) is 12.8 Å². The number of hydrogen-bond donors (Lipinski definition) is 0. The second kappa shape index (κ2) is 4.88. The van der Waals surface area contributed by atoms with Gasteiger partial charge in [0.1, 0.15) is 11.8 Å². The first-order chi connectivity index (χ1) is 7.81. The van der Waals surface area contributed by atoms with Crippen molar-refractivity contribution in [1.29, 1.82) is 5.26 Å². The molecule has 2 rings (SSSR count). The summed E-state index contributed by atoms with van der Waals surface area (Å²) in [6.45, 7) is 2.37. The highest BCUT2D eigenvalue weighted by Gasteiger charge is 2.24. The van der Waals surface area contributed by atoms with Gasteiger partial charge >= 0.3 is 0 Å². The summed E-state index contributed by atoms with van der Waals surface area (Å²) >= 11 is 0. The van der Waals surface area contributed by atoms with Gasteiger partial charge in [-0.25, -0.2) is 0 Å². The third kappa shape index (κ3) is 2.89. The lowest BCUT2D eigenvalue weighted by Gasteiger charge is -2.17. The Bertz CT molecular complexity index is 432. The maximum Gasteiger partial charge on any atom is 0.203 e. The average Bonchev–Trinajstić information content (AvgIpc) is 2.96. The lowest BCUT2D eigenvalue weighted by molar-refractivity contribution is 0.261. The molecule has 3 nitrogen and oxygen atoms in total. The molecule has 0 atom stereocenters. The molecule has 0 aromatic carbocycles. The van der Waals surface area contributed by atoms with Crippen LogP contribution >= 0.6 is 0 Å². The molecular weight excluding hydrogens is 200 g/mol. The Balaban J connectivity index is 1.93. The van der Waals surface area contributed by atoms with Gasteiger partial charge < -0.3 is 4.42 Å². The number of furan rings is 1. The van der Waals surface area contributed by atoms with Gasteiger partial charge in [-0.05, 0) is 30.9 Å². The third-order valence-corrected chi connectivity index (χ3v) is 2.68. The molecule has 0 unspecified atom stereocenters. The van der Waals surface area contributed by atoms with Crippen molar-refractivity contribution in [3.63, 3.8) is 0 Å². The highest BCUT2D eigenvalue weighted by Crippen LogP contribution is 2.30. The Morgan fingerprint density at radius 3 is 2.88 bits per heavy atom. The van der Waals surface area contributed by atoms with Crippen molar-refractivity contribution in [2.75, 3.05) is 13.1 Å². The molecule has 0 saturated heterocycles. The molecule has 0 amide bonds. The van der Waals surface area contributed by atoms with Crippen LogP contribution in [0.15, 0.2) is 16.5 Å². The molecule has 0 radical (unpaired) electrons. The van der Waals surface area contributed by atoms with Crippen LogP contribution < -0.4 is 0 Å². The minimum absolute atomic E-state index is 0.363. The Morgan fingerprint density at radius 2 is 2.31 bits per heavy atom. The summed E-state index contributed by atoms with van der Waals surface area (Å²) < 4.78 is 5.34. The zero-order valence-corrected chi connectivity index (χ0v) is 9.15. The number of nitriles is 1. The Labute approximate surface area is 95.7 Å². The van der Waals surface area contributed by atoms with E-state index in [-0.39, 0.29) is 0 Å². The largest absolute Gasteiger partial charge is 0.449 e. The predicted octanol–water partition coefficient (Wildman–Crippen LogP) is 2.00. The van der Waals surface area contributed by atoms with Gasteiger partial charge in [-0.15, -0.1) is 6.42 Å². The van der Waals surface area contributed by atoms with Gasteiger partial charge in [0.2, 0.25) is 5.76 Å². The summed E-state index contributed by atoms with van der Waals surface area (Å²) in [7, 11) is 0. The number of hydrogen-bond acceptors (Lipinski definition) is 3. The third-order valence-electron chi connectivity index (χ3n) is 2.68. The summed E-state index contributed by atoms with van der Waals surface area (Å²) in [5, 5.41) is 8.65. The average molecular weight is 214 g/mol. The van der Waals surface area contributed by atoms with E-state index in [9.17, 15) is 0 Å². The van der Waals surface area contributed by atoms with E-state index in [2.05, 4.69) is 10.8 Å². The zero-order valence-electron chi connectivity index (χ0n) is 9.15. The molecule has 0 bridgehead atoms. The van der Waals surface area contributed by atoms with Gasteiger partial charge in [0.15, 0.2) is 0 Å². The van der Waals surface area contributed by atoms with Crippen molar-refractivity contribution in [3.8, 4) is 18.4 Å². The molecule has 3 heteroatoms. The van der Waals surface area contributed by atoms with Crippen molar-refractivity contribution >= 4 is 0 Å². The van der Waals surface area contributed by atoms with Gasteiger partial charge in [-0.2, -0.15) is 5.26 Å². The smallest absolute Gasteiger partial charge is 0.203 e. The van der Waals surface area contributed by atoms with E-state index in [0.717, 1.165) is 18.2 Å². The summed E-state index contributed by atoms with van der Waals surface area (Å²) in [4.78, 5) is 2.19. The molecule has 1 heterocycles. The Hall–Kier alpha value is -1.71. The molecule has 0 N–H and O–H groups in total. The van der Waals surface area contributed by atoms with Crippen molar-refractivity contribution in [1.82, 2.24) is 4.90 Å². The fourth-order valence-electron chi connectivity index (χ4n) is 1.72. The number of nitrogens with zero attached hydrogens (tertiary/aromatic N) is 2. The quantitative estimate of drug-likeness (QED) is 0.704. The van der Waals surface area contributed by atoms with Gasteiger partial charge in [-0.3, -0.25) is 4.90 Å². The molecule has 1 aromatic heterocycles. The van der Waals surface area contributed by atoms with E-state index in [1.807, 2.05) is 12.1 Å². The maximum atomic E-state index is 8.65. The monoisotopic (exact) mass is 214 g/mol. The molecular formula is C13H14N2O. The van der Waals surface area contributed by atoms with Crippen LogP contribution in [0.5, 0.6) is 0 Å². The van der Waals surface area contributed by atoms with E-state index in [1.54, 1.807) is 6.07 Å². The fourth-order valence-corrected chi connectivity index (χ4v) is 1.72. The standard InChI is InChI=1S/C13H14N2O/c1-2-7-15(9-11-3-4-11)10-13-6-5-12(8-14)16-13/h1,5-6,11H,3-4,7,9-10H2. The van der Waals surface area contributed by atoms with Crippen LogP contribution in [0.3, 0.4) is 0 Å². The van der Waals surface area contributed by atoms with Crippen LogP contribution in [-0.2, 0) is 6.54 Å². The second-order valence-corrected chi connectivity index (χ2v) is 4.19. The maximum absolute atomic E-state index is 8.65. The summed E-state index contributed by atoms with van der Waals surface area (Å²) in [5.74, 6) is 4.64. The Kier molecular flexibility index (Phi) is 3.29. The zero-order chi connectivity index (χ0) is 11.4.